The van der Waals surface area contributed by atoms with Gasteiger partial charge in [-0.2, -0.15) is 0 Å². The van der Waals surface area contributed by atoms with Crippen LogP contribution in [0.5, 0.6) is 0 Å². The van der Waals surface area contributed by atoms with Gasteiger partial charge in [0.15, 0.2) is 0 Å². The summed E-state index contributed by atoms with van der Waals surface area (Å²) >= 11 is 0. The summed E-state index contributed by atoms with van der Waals surface area (Å²) in [7, 11) is 0. The van der Waals surface area contributed by atoms with Gasteiger partial charge in [-0.1, -0.05) is 18.2 Å². The second-order valence-electron chi connectivity index (χ2n) is 3.54. The second kappa shape index (κ2) is 5.42. The Balaban J connectivity index is 2.28. The fourth-order valence-corrected chi connectivity index (χ4v) is 1.50. The largest absolute Gasteiger partial charge is 0.761 e. The number of para-hydroxylation sites is 1. The highest BCUT2D eigenvalue weighted by Crippen LogP contribution is 2.28. The minimum absolute atomic E-state index is 0.111. The maximum absolute atomic E-state index is 12.8. The molecule has 2 aromatic rings. The van der Waals surface area contributed by atoms with Crippen molar-refractivity contribution in [3.8, 4) is 0 Å². The van der Waals surface area contributed by atoms with E-state index in [4.69, 9.17) is 0 Å². The molecule has 0 unspecified atom stereocenters. The van der Waals surface area contributed by atoms with E-state index in [0.29, 0.717) is 11.5 Å². The van der Waals surface area contributed by atoms with Gasteiger partial charge in [-0.3, -0.25) is 0 Å². The van der Waals surface area contributed by atoms with Gasteiger partial charge in [0.2, 0.25) is 0 Å². The lowest BCUT2D eigenvalue weighted by Gasteiger charge is -2.13. The molecule has 1 aromatic heterocycles. The molecule has 2 N–H and O–H groups in total. The average molecular weight is 250 g/mol. The van der Waals surface area contributed by atoms with Crippen LogP contribution in [0.15, 0.2) is 42.6 Å². The van der Waals surface area contributed by atoms with Gasteiger partial charge in [0.25, 0.3) is 6.43 Å². The Bertz CT molecular complexity index is 534. The molecule has 0 saturated heterocycles. The van der Waals surface area contributed by atoms with Crippen molar-refractivity contribution in [2.75, 3.05) is 10.8 Å². The standard InChI is InChI=1S/C12H10F2N3O/c13-12(14)9-3-1-2-4-10(9)16-11-7-8(17-18)5-6-15-11/h1-7,12H,(H2-,15,16,17,18)/q-1. The third-order valence-electron chi connectivity index (χ3n) is 2.34. The first kappa shape index (κ1) is 12.3. The summed E-state index contributed by atoms with van der Waals surface area (Å²) < 4.78 is 25.5. The first-order chi connectivity index (χ1) is 8.70. The van der Waals surface area contributed by atoms with Gasteiger partial charge in [-0.05, 0) is 12.1 Å². The number of benzene rings is 1. The molecule has 0 aliphatic rings. The number of rotatable bonds is 4. The summed E-state index contributed by atoms with van der Waals surface area (Å²) in [5.74, 6) is 0.323. The lowest BCUT2D eigenvalue weighted by atomic mass is 10.2. The van der Waals surface area contributed by atoms with E-state index in [1.54, 1.807) is 11.5 Å². The molecule has 2 rings (SSSR count). The zero-order valence-corrected chi connectivity index (χ0v) is 9.23. The van der Waals surface area contributed by atoms with Crippen LogP contribution in [-0.2, 0) is 0 Å². The van der Waals surface area contributed by atoms with Gasteiger partial charge in [-0.15, -0.1) is 0 Å². The minimum atomic E-state index is -2.57. The maximum atomic E-state index is 12.8. The highest BCUT2D eigenvalue weighted by molar-refractivity contribution is 5.63. The molecular formula is C12H10F2N3O-. The van der Waals surface area contributed by atoms with Crippen molar-refractivity contribution in [2.45, 2.75) is 6.43 Å². The second-order valence-corrected chi connectivity index (χ2v) is 3.54. The van der Waals surface area contributed by atoms with E-state index in [1.807, 2.05) is 0 Å². The summed E-state index contributed by atoms with van der Waals surface area (Å²) in [5, 5.41) is 13.2. The number of nitrogens with one attached hydrogen (secondary N) is 2. The molecular weight excluding hydrogens is 240 g/mol. The number of hydrogen-bond donors (Lipinski definition) is 2. The van der Waals surface area contributed by atoms with Crippen molar-refractivity contribution in [2.24, 2.45) is 0 Å². The SMILES string of the molecule is [O-]Nc1ccnc(Nc2ccccc2C(F)F)c1. The monoisotopic (exact) mass is 250 g/mol. The van der Waals surface area contributed by atoms with Gasteiger partial charge in [0.05, 0.1) is 0 Å². The third kappa shape index (κ3) is 2.72. The van der Waals surface area contributed by atoms with Crippen molar-refractivity contribution >= 4 is 17.2 Å². The Morgan fingerprint density at radius 3 is 2.67 bits per heavy atom. The number of hydrogen-bond acceptors (Lipinski definition) is 4. The Kier molecular flexibility index (Phi) is 3.69. The molecule has 1 heterocycles. The Hall–Kier alpha value is -2.21. The van der Waals surface area contributed by atoms with Crippen LogP contribution in [0.2, 0.25) is 0 Å². The summed E-state index contributed by atoms with van der Waals surface area (Å²) in [6, 6.07) is 8.97. The Morgan fingerprint density at radius 2 is 1.94 bits per heavy atom. The number of nitrogens with zero attached hydrogens (tertiary/aromatic N) is 1. The molecule has 0 aliphatic carbocycles. The van der Waals surface area contributed by atoms with Crippen molar-refractivity contribution < 1.29 is 8.78 Å². The van der Waals surface area contributed by atoms with Crippen LogP contribution in [0.1, 0.15) is 12.0 Å². The molecule has 0 bridgehead atoms. The van der Waals surface area contributed by atoms with Crippen LogP contribution in [-0.4, -0.2) is 4.98 Å². The third-order valence-corrected chi connectivity index (χ3v) is 2.34. The van der Waals surface area contributed by atoms with Crippen molar-refractivity contribution in [1.82, 2.24) is 4.98 Å². The zero-order valence-electron chi connectivity index (χ0n) is 9.23. The number of aromatic nitrogens is 1. The molecule has 0 aliphatic heterocycles. The topological polar surface area (TPSA) is 60.0 Å². The number of alkyl halides is 2. The molecule has 4 nitrogen and oxygen atoms in total. The lowest BCUT2D eigenvalue weighted by Crippen LogP contribution is -1.98. The minimum Gasteiger partial charge on any atom is -0.761 e. The van der Waals surface area contributed by atoms with E-state index >= 15 is 0 Å². The van der Waals surface area contributed by atoms with Gasteiger partial charge in [-0.25, -0.2) is 13.8 Å². The van der Waals surface area contributed by atoms with Gasteiger partial charge in [0.1, 0.15) is 5.82 Å². The fraction of sp³-hybridized carbons (Fsp3) is 0.0833. The van der Waals surface area contributed by atoms with E-state index in [2.05, 4.69) is 10.3 Å². The van der Waals surface area contributed by atoms with Crippen LogP contribution in [0.3, 0.4) is 0 Å². The summed E-state index contributed by atoms with van der Waals surface area (Å²) in [6.07, 6.45) is -1.16. The first-order valence-electron chi connectivity index (χ1n) is 5.19. The van der Waals surface area contributed by atoms with Gasteiger partial charge >= 0.3 is 0 Å². The number of pyridine rings is 1. The quantitative estimate of drug-likeness (QED) is 0.813. The Morgan fingerprint density at radius 1 is 1.17 bits per heavy atom. The normalized spacial score (nSPS) is 10.4. The predicted octanol–water partition coefficient (Wildman–Crippen LogP) is 3.67. The first-order valence-corrected chi connectivity index (χ1v) is 5.19. The predicted molar refractivity (Wildman–Crippen MR) is 65.9 cm³/mol. The summed E-state index contributed by atoms with van der Waals surface area (Å²) in [5.41, 5.74) is 2.18. The molecule has 6 heteroatoms. The van der Waals surface area contributed by atoms with Gasteiger partial charge in [0, 0.05) is 29.2 Å². The van der Waals surface area contributed by atoms with E-state index in [-0.39, 0.29) is 11.3 Å². The average Bonchev–Trinajstić information content (AvgIpc) is 2.39. The lowest BCUT2D eigenvalue weighted by molar-refractivity contribution is 0.152. The molecule has 1 aromatic carbocycles. The van der Waals surface area contributed by atoms with Crippen LogP contribution >= 0.6 is 0 Å². The number of anilines is 3. The molecule has 0 saturated carbocycles. The van der Waals surface area contributed by atoms with Crippen LogP contribution in [0.25, 0.3) is 0 Å². The van der Waals surface area contributed by atoms with E-state index < -0.39 is 6.43 Å². The molecule has 0 spiro atoms. The number of halogens is 2. The van der Waals surface area contributed by atoms with Crippen LogP contribution < -0.4 is 10.8 Å². The van der Waals surface area contributed by atoms with Crippen molar-refractivity contribution in [1.29, 1.82) is 0 Å². The van der Waals surface area contributed by atoms with Crippen LogP contribution in [0.4, 0.5) is 26.0 Å². The fourth-order valence-electron chi connectivity index (χ4n) is 1.50. The molecule has 0 radical (unpaired) electrons. The van der Waals surface area contributed by atoms with E-state index in [9.17, 15) is 14.0 Å². The zero-order chi connectivity index (χ0) is 13.0. The van der Waals surface area contributed by atoms with Crippen LogP contribution in [0, 0.1) is 5.21 Å². The summed E-state index contributed by atoms with van der Waals surface area (Å²) in [4.78, 5) is 3.95. The van der Waals surface area contributed by atoms with Crippen molar-refractivity contribution in [3.63, 3.8) is 0 Å². The van der Waals surface area contributed by atoms with Gasteiger partial charge < -0.3 is 16.0 Å². The highest BCUT2D eigenvalue weighted by Gasteiger charge is 2.12. The molecule has 0 fully saturated rings. The van der Waals surface area contributed by atoms with E-state index in [0.717, 1.165) is 0 Å². The van der Waals surface area contributed by atoms with E-state index in [1.165, 1.54) is 36.5 Å². The molecule has 94 valence electrons. The maximum Gasteiger partial charge on any atom is 0.265 e. The summed E-state index contributed by atoms with van der Waals surface area (Å²) in [6.45, 7) is 0. The molecule has 0 amide bonds. The highest BCUT2D eigenvalue weighted by atomic mass is 19.3. The molecule has 0 atom stereocenters. The van der Waals surface area contributed by atoms with Crippen molar-refractivity contribution in [3.05, 3.63) is 53.4 Å². The smallest absolute Gasteiger partial charge is 0.265 e. The Labute approximate surface area is 102 Å². The molecule has 18 heavy (non-hydrogen) atoms.